The van der Waals surface area contributed by atoms with E-state index >= 15 is 0 Å². The van der Waals surface area contributed by atoms with Gasteiger partial charge in [0.1, 0.15) is 6.61 Å². The van der Waals surface area contributed by atoms with Gasteiger partial charge in [-0.1, -0.05) is 61.0 Å². The molecule has 3 aliphatic rings. The average Bonchev–Trinajstić information content (AvgIpc) is 3.51. The molecule has 1 saturated heterocycles. The zero-order valence-electron chi connectivity index (χ0n) is 18.9. The second kappa shape index (κ2) is 8.97. The average molecular weight is 461 g/mol. The van der Waals surface area contributed by atoms with Gasteiger partial charge in [-0.2, -0.15) is 0 Å². The van der Waals surface area contributed by atoms with Crippen LogP contribution in [0.2, 0.25) is 0 Å². The normalized spacial score (nSPS) is 22.9. The number of benzene rings is 2. The molecule has 0 radical (unpaired) electrons. The molecular weight excluding hydrogens is 432 g/mol. The zero-order valence-corrected chi connectivity index (χ0v) is 18.9. The summed E-state index contributed by atoms with van der Waals surface area (Å²) in [7, 11) is 0. The molecular formula is C27H28N2O5. The number of alkyl carbamates (subject to hydrolysis) is 1. The smallest absolute Gasteiger partial charge is 0.407 e. The van der Waals surface area contributed by atoms with Gasteiger partial charge in [-0.25, -0.2) is 4.79 Å². The van der Waals surface area contributed by atoms with Gasteiger partial charge in [-0.3, -0.25) is 9.59 Å². The van der Waals surface area contributed by atoms with Crippen LogP contribution in [0.5, 0.6) is 0 Å². The Morgan fingerprint density at radius 3 is 2.41 bits per heavy atom. The van der Waals surface area contributed by atoms with Crippen LogP contribution < -0.4 is 5.32 Å². The largest absolute Gasteiger partial charge is 0.481 e. The Morgan fingerprint density at radius 1 is 1.06 bits per heavy atom. The number of carboxylic acid groups (broad SMARTS) is 1. The third kappa shape index (κ3) is 3.75. The van der Waals surface area contributed by atoms with E-state index in [4.69, 9.17) is 4.74 Å². The second-order valence-corrected chi connectivity index (χ2v) is 9.26. The maximum atomic E-state index is 12.6. The van der Waals surface area contributed by atoms with E-state index in [2.05, 4.69) is 29.6 Å². The molecule has 7 nitrogen and oxygen atoms in total. The van der Waals surface area contributed by atoms with E-state index in [0.717, 1.165) is 24.0 Å². The van der Waals surface area contributed by atoms with Crippen LogP contribution in [0.4, 0.5) is 4.79 Å². The Kier molecular flexibility index (Phi) is 5.86. The van der Waals surface area contributed by atoms with Gasteiger partial charge in [-0.15, -0.1) is 0 Å². The lowest BCUT2D eigenvalue weighted by Crippen LogP contribution is -2.42. The molecule has 2 amide bonds. The molecule has 2 atom stereocenters. The first kappa shape index (κ1) is 22.2. The number of nitrogens with zero attached hydrogens (tertiary/aromatic N) is 1. The highest BCUT2D eigenvalue weighted by Gasteiger charge is 2.56. The number of carboxylic acids is 1. The number of aliphatic carboxylic acids is 1. The van der Waals surface area contributed by atoms with Crippen molar-refractivity contribution in [3.8, 4) is 11.1 Å². The Morgan fingerprint density at radius 2 is 1.74 bits per heavy atom. The number of carbonyl (C=O) groups excluding carboxylic acids is 2. The van der Waals surface area contributed by atoms with Gasteiger partial charge < -0.3 is 20.1 Å². The molecule has 5 rings (SSSR count). The fourth-order valence-electron chi connectivity index (χ4n) is 5.94. The van der Waals surface area contributed by atoms with Gasteiger partial charge in [0.15, 0.2) is 0 Å². The van der Waals surface area contributed by atoms with Crippen molar-refractivity contribution in [1.29, 1.82) is 0 Å². The summed E-state index contributed by atoms with van der Waals surface area (Å²) >= 11 is 0. The lowest BCUT2D eigenvalue weighted by atomic mass is 9.82. The van der Waals surface area contributed by atoms with Crippen LogP contribution in [-0.2, 0) is 14.3 Å². The maximum Gasteiger partial charge on any atom is 0.407 e. The maximum absolute atomic E-state index is 12.6. The van der Waals surface area contributed by atoms with Gasteiger partial charge in [0.2, 0.25) is 5.91 Å². The molecule has 2 aliphatic carbocycles. The van der Waals surface area contributed by atoms with Crippen molar-refractivity contribution in [3.63, 3.8) is 0 Å². The second-order valence-electron chi connectivity index (χ2n) is 9.26. The molecule has 7 heteroatoms. The summed E-state index contributed by atoms with van der Waals surface area (Å²) in [4.78, 5) is 38.4. The fraction of sp³-hybridized carbons (Fsp3) is 0.370. The molecule has 2 fully saturated rings. The predicted molar refractivity (Wildman–Crippen MR) is 126 cm³/mol. The van der Waals surface area contributed by atoms with Gasteiger partial charge >= 0.3 is 12.1 Å². The van der Waals surface area contributed by atoms with Gasteiger partial charge in [0.05, 0.1) is 5.41 Å². The van der Waals surface area contributed by atoms with Crippen molar-refractivity contribution < 1.29 is 24.2 Å². The predicted octanol–water partition coefficient (Wildman–Crippen LogP) is 3.94. The van der Waals surface area contributed by atoms with Crippen molar-refractivity contribution in [2.45, 2.75) is 37.6 Å². The lowest BCUT2D eigenvalue weighted by Gasteiger charge is -2.28. The van der Waals surface area contributed by atoms with E-state index in [9.17, 15) is 19.5 Å². The number of rotatable bonds is 6. The number of hydrogen-bond acceptors (Lipinski definition) is 4. The van der Waals surface area contributed by atoms with Crippen LogP contribution in [-0.4, -0.2) is 53.7 Å². The standard InChI is InChI=1S/C27H28N2O5/c30-24(29-16-14-27(25(31)32)13-5-11-23(27)29)12-6-15-28-26(33)34-17-22-20-9-3-1-7-18(20)19-8-2-4-10-21(19)22/h1-4,6-10,12,22-23H,5,11,13-17H2,(H,28,33)(H,31,32)/b12-6+. The van der Waals surface area contributed by atoms with E-state index in [0.29, 0.717) is 19.4 Å². The molecule has 1 heterocycles. The fourth-order valence-corrected chi connectivity index (χ4v) is 5.94. The monoisotopic (exact) mass is 460 g/mol. The van der Waals surface area contributed by atoms with E-state index < -0.39 is 17.5 Å². The number of carbonyl (C=O) groups is 3. The van der Waals surface area contributed by atoms with Crippen molar-refractivity contribution >= 4 is 18.0 Å². The first-order valence-electron chi connectivity index (χ1n) is 11.8. The molecule has 2 N–H and O–H groups in total. The summed E-state index contributed by atoms with van der Waals surface area (Å²) < 4.78 is 5.50. The Hall–Kier alpha value is -3.61. The van der Waals surface area contributed by atoms with E-state index in [-0.39, 0.29) is 31.0 Å². The highest BCUT2D eigenvalue weighted by Crippen LogP contribution is 2.49. The summed E-state index contributed by atoms with van der Waals surface area (Å²) in [5, 5.41) is 12.3. The van der Waals surface area contributed by atoms with Gasteiger partial charge in [0.25, 0.3) is 0 Å². The van der Waals surface area contributed by atoms with E-state index in [1.807, 2.05) is 24.3 Å². The number of fused-ring (bicyclic) bond motifs is 4. The number of nitrogens with one attached hydrogen (secondary N) is 1. The summed E-state index contributed by atoms with van der Waals surface area (Å²) in [6.45, 7) is 0.847. The third-order valence-corrected chi connectivity index (χ3v) is 7.59. The van der Waals surface area contributed by atoms with Crippen LogP contribution in [0.15, 0.2) is 60.7 Å². The Labute approximate surface area is 198 Å². The highest BCUT2D eigenvalue weighted by molar-refractivity contribution is 5.90. The van der Waals surface area contributed by atoms with E-state index in [1.165, 1.54) is 17.2 Å². The summed E-state index contributed by atoms with van der Waals surface area (Å²) in [5.74, 6) is -1.01. The minimum absolute atomic E-state index is 0.00801. The highest BCUT2D eigenvalue weighted by atomic mass is 16.5. The molecule has 0 spiro atoms. The molecule has 2 aromatic rings. The van der Waals surface area contributed by atoms with Crippen LogP contribution in [0.1, 0.15) is 42.7 Å². The third-order valence-electron chi connectivity index (χ3n) is 7.59. The van der Waals surface area contributed by atoms with Crippen LogP contribution in [0.3, 0.4) is 0 Å². The van der Waals surface area contributed by atoms with Crippen molar-refractivity contribution in [2.24, 2.45) is 5.41 Å². The summed E-state index contributed by atoms with van der Waals surface area (Å²) in [6.07, 6.45) is 5.15. The van der Waals surface area contributed by atoms with Crippen molar-refractivity contribution in [2.75, 3.05) is 19.7 Å². The van der Waals surface area contributed by atoms with Gasteiger partial charge in [0, 0.05) is 31.1 Å². The molecule has 1 aliphatic heterocycles. The number of amides is 2. The number of hydrogen-bond donors (Lipinski definition) is 2. The molecule has 0 aromatic heterocycles. The number of ether oxygens (including phenoxy) is 1. The van der Waals surface area contributed by atoms with E-state index in [1.54, 1.807) is 11.0 Å². The molecule has 34 heavy (non-hydrogen) atoms. The Balaban J connectivity index is 1.12. The minimum atomic E-state index is -0.800. The quantitative estimate of drug-likeness (QED) is 0.637. The molecule has 1 saturated carbocycles. The van der Waals surface area contributed by atoms with Crippen LogP contribution >= 0.6 is 0 Å². The first-order chi connectivity index (χ1) is 16.5. The number of likely N-dealkylation sites (tertiary alicyclic amines) is 1. The zero-order chi connectivity index (χ0) is 23.7. The lowest BCUT2D eigenvalue weighted by molar-refractivity contribution is -0.149. The Bertz CT molecular complexity index is 1110. The molecule has 2 unspecified atom stereocenters. The van der Waals surface area contributed by atoms with Crippen LogP contribution in [0, 0.1) is 5.41 Å². The SMILES string of the molecule is O=C(NC/C=C/C(=O)N1CCC2(C(=O)O)CCCC12)OCC1c2ccccc2-c2ccccc21. The first-order valence-corrected chi connectivity index (χ1v) is 11.8. The topological polar surface area (TPSA) is 95.9 Å². The molecule has 0 bridgehead atoms. The van der Waals surface area contributed by atoms with Crippen molar-refractivity contribution in [1.82, 2.24) is 10.2 Å². The van der Waals surface area contributed by atoms with Gasteiger partial charge in [-0.05, 0) is 41.5 Å². The minimum Gasteiger partial charge on any atom is -0.481 e. The molecule has 2 aromatic carbocycles. The summed E-state index contributed by atoms with van der Waals surface area (Å²) in [5.41, 5.74) is 3.85. The molecule has 176 valence electrons. The summed E-state index contributed by atoms with van der Waals surface area (Å²) in [6, 6.07) is 16.1. The van der Waals surface area contributed by atoms with Crippen molar-refractivity contribution in [3.05, 3.63) is 71.8 Å². The van der Waals surface area contributed by atoms with Crippen LogP contribution in [0.25, 0.3) is 11.1 Å².